The Labute approximate surface area is 125 Å². The van der Waals surface area contributed by atoms with Gasteiger partial charge in [-0.1, -0.05) is 51.6 Å². The lowest BCUT2D eigenvalue weighted by Gasteiger charge is -2.25. The molecule has 1 rings (SSSR count). The van der Waals surface area contributed by atoms with Crippen LogP contribution in [0.1, 0.15) is 56.8 Å². The van der Waals surface area contributed by atoms with Gasteiger partial charge in [-0.3, -0.25) is 0 Å². The fraction of sp³-hybridized carbons (Fsp3) is 0.600. The van der Waals surface area contributed by atoms with Gasteiger partial charge in [0.15, 0.2) is 0 Å². The molecule has 0 atom stereocenters. The van der Waals surface area contributed by atoms with Crippen LogP contribution >= 0.6 is 11.6 Å². The highest BCUT2D eigenvalue weighted by atomic mass is 35.5. The molecule has 0 amide bonds. The van der Waals surface area contributed by atoms with Crippen molar-refractivity contribution < 1.29 is 9.90 Å². The number of rotatable bonds is 8. The van der Waals surface area contributed by atoms with Crippen molar-refractivity contribution >= 4 is 23.4 Å². The smallest absolute Gasteiger partial charge is 0.337 e. The van der Waals surface area contributed by atoms with Crippen molar-refractivity contribution in [3.05, 3.63) is 22.8 Å². The molecule has 0 saturated heterocycles. The largest absolute Gasteiger partial charge is 0.478 e. The van der Waals surface area contributed by atoms with E-state index < -0.39 is 5.97 Å². The number of nitrogens with one attached hydrogen (secondary N) is 1. The van der Waals surface area contributed by atoms with Crippen LogP contribution in [-0.2, 0) is 0 Å². The number of halogens is 1. The SMILES string of the molecule is CCCCCC(C)(C)CNc1cc(C(=O)O)c(Cl)cn1. The fourth-order valence-corrected chi connectivity index (χ4v) is 2.16. The maximum Gasteiger partial charge on any atom is 0.337 e. The summed E-state index contributed by atoms with van der Waals surface area (Å²) in [6.45, 7) is 7.34. The molecular weight excluding hydrogens is 276 g/mol. The van der Waals surface area contributed by atoms with Crippen LogP contribution < -0.4 is 5.32 Å². The second-order valence-electron chi connectivity index (χ2n) is 5.83. The predicted octanol–water partition coefficient (Wildman–Crippen LogP) is 4.45. The van der Waals surface area contributed by atoms with Crippen LogP contribution in [0.2, 0.25) is 5.02 Å². The number of aromatic nitrogens is 1. The second kappa shape index (κ2) is 7.48. The first-order valence-electron chi connectivity index (χ1n) is 6.98. The summed E-state index contributed by atoms with van der Waals surface area (Å²) in [5.74, 6) is -0.488. The molecule has 1 aromatic heterocycles. The molecule has 0 aromatic carbocycles. The van der Waals surface area contributed by atoms with Crippen LogP contribution in [0.15, 0.2) is 12.3 Å². The summed E-state index contributed by atoms with van der Waals surface area (Å²) in [7, 11) is 0. The summed E-state index contributed by atoms with van der Waals surface area (Å²) >= 11 is 5.79. The van der Waals surface area contributed by atoms with Gasteiger partial charge in [-0.15, -0.1) is 0 Å². The van der Waals surface area contributed by atoms with E-state index in [1.807, 2.05) is 0 Å². The normalized spacial score (nSPS) is 11.4. The number of aromatic carboxylic acids is 1. The molecule has 1 heterocycles. The van der Waals surface area contributed by atoms with Gasteiger partial charge in [-0.25, -0.2) is 9.78 Å². The number of hydrogen-bond acceptors (Lipinski definition) is 3. The average Bonchev–Trinajstić information content (AvgIpc) is 2.37. The Balaban J connectivity index is 2.61. The molecule has 0 radical (unpaired) electrons. The summed E-state index contributed by atoms with van der Waals surface area (Å²) in [6, 6.07) is 1.48. The molecular formula is C15H23ClN2O2. The maximum atomic E-state index is 11.0. The van der Waals surface area contributed by atoms with Gasteiger partial charge in [-0.05, 0) is 17.9 Å². The van der Waals surface area contributed by atoms with Gasteiger partial charge < -0.3 is 10.4 Å². The predicted molar refractivity (Wildman–Crippen MR) is 82.6 cm³/mol. The average molecular weight is 299 g/mol. The van der Waals surface area contributed by atoms with E-state index in [9.17, 15) is 4.79 Å². The first-order valence-corrected chi connectivity index (χ1v) is 7.36. The molecule has 0 bridgehead atoms. The Bertz CT molecular complexity index is 461. The number of carbonyl (C=O) groups is 1. The number of anilines is 1. The van der Waals surface area contributed by atoms with Gasteiger partial charge in [0, 0.05) is 12.7 Å². The second-order valence-corrected chi connectivity index (χ2v) is 6.24. The minimum atomic E-state index is -1.04. The van der Waals surface area contributed by atoms with Gasteiger partial charge >= 0.3 is 5.97 Å². The van der Waals surface area contributed by atoms with Crippen LogP contribution in [0.4, 0.5) is 5.82 Å². The lowest BCUT2D eigenvalue weighted by atomic mass is 9.87. The lowest BCUT2D eigenvalue weighted by molar-refractivity contribution is 0.0697. The molecule has 1 aromatic rings. The Morgan fingerprint density at radius 3 is 2.75 bits per heavy atom. The summed E-state index contributed by atoms with van der Waals surface area (Å²) < 4.78 is 0. The standard InChI is InChI=1S/C15H23ClN2O2/c1-4-5-6-7-15(2,3)10-18-13-8-11(14(19)20)12(16)9-17-13/h8-9H,4-7,10H2,1-3H3,(H,17,18)(H,19,20). The van der Waals surface area contributed by atoms with E-state index in [-0.39, 0.29) is 16.0 Å². The van der Waals surface area contributed by atoms with Crippen LogP contribution in [0.25, 0.3) is 0 Å². The number of pyridine rings is 1. The highest BCUT2D eigenvalue weighted by Crippen LogP contribution is 2.25. The topological polar surface area (TPSA) is 62.2 Å². The highest BCUT2D eigenvalue weighted by molar-refractivity contribution is 6.33. The van der Waals surface area contributed by atoms with Crippen LogP contribution in [0.5, 0.6) is 0 Å². The maximum absolute atomic E-state index is 11.0. The molecule has 20 heavy (non-hydrogen) atoms. The monoisotopic (exact) mass is 298 g/mol. The summed E-state index contributed by atoms with van der Waals surface area (Å²) in [5.41, 5.74) is 0.229. The van der Waals surface area contributed by atoms with Crippen molar-refractivity contribution in [1.29, 1.82) is 0 Å². The van der Waals surface area contributed by atoms with E-state index in [1.165, 1.54) is 31.5 Å². The first kappa shape index (κ1) is 16.8. The summed E-state index contributed by atoms with van der Waals surface area (Å²) in [5, 5.41) is 12.4. The third-order valence-corrected chi connectivity index (χ3v) is 3.59. The van der Waals surface area contributed by atoms with E-state index in [0.717, 1.165) is 13.0 Å². The van der Waals surface area contributed by atoms with Gasteiger partial charge in [0.25, 0.3) is 0 Å². The Kier molecular flexibility index (Phi) is 6.27. The highest BCUT2D eigenvalue weighted by Gasteiger charge is 2.18. The summed E-state index contributed by atoms with van der Waals surface area (Å²) in [4.78, 5) is 15.1. The van der Waals surface area contributed by atoms with Crippen LogP contribution in [-0.4, -0.2) is 22.6 Å². The lowest BCUT2D eigenvalue weighted by Crippen LogP contribution is -2.23. The minimum Gasteiger partial charge on any atom is -0.478 e. The zero-order valence-corrected chi connectivity index (χ0v) is 13.1. The first-order chi connectivity index (χ1) is 9.35. The third-order valence-electron chi connectivity index (χ3n) is 3.29. The molecule has 5 heteroatoms. The molecule has 0 unspecified atom stereocenters. The number of nitrogens with zero attached hydrogens (tertiary/aromatic N) is 1. The zero-order chi connectivity index (χ0) is 15.2. The van der Waals surface area contributed by atoms with Crippen molar-refractivity contribution in [2.75, 3.05) is 11.9 Å². The Hall–Kier alpha value is -1.29. The van der Waals surface area contributed by atoms with E-state index >= 15 is 0 Å². The molecule has 4 nitrogen and oxygen atoms in total. The van der Waals surface area contributed by atoms with Crippen LogP contribution in [0.3, 0.4) is 0 Å². The number of unbranched alkanes of at least 4 members (excludes halogenated alkanes) is 2. The van der Waals surface area contributed by atoms with Crippen molar-refractivity contribution in [3.63, 3.8) is 0 Å². The summed E-state index contributed by atoms with van der Waals surface area (Å²) in [6.07, 6.45) is 6.17. The van der Waals surface area contributed by atoms with Crippen molar-refractivity contribution in [2.45, 2.75) is 46.5 Å². The van der Waals surface area contributed by atoms with E-state index in [0.29, 0.717) is 5.82 Å². The van der Waals surface area contributed by atoms with Gasteiger partial charge in [0.1, 0.15) is 5.82 Å². The van der Waals surface area contributed by atoms with Gasteiger partial charge in [0.05, 0.1) is 10.6 Å². The quantitative estimate of drug-likeness (QED) is 0.696. The third kappa shape index (κ3) is 5.37. The molecule has 0 aliphatic carbocycles. The van der Waals surface area contributed by atoms with Crippen LogP contribution in [0, 0.1) is 5.41 Å². The van der Waals surface area contributed by atoms with Crippen molar-refractivity contribution in [2.24, 2.45) is 5.41 Å². The molecule has 0 saturated carbocycles. The molecule has 0 aliphatic heterocycles. The number of carboxylic acids is 1. The number of carboxylic acid groups (broad SMARTS) is 1. The van der Waals surface area contributed by atoms with Crippen molar-refractivity contribution in [1.82, 2.24) is 4.98 Å². The molecule has 0 spiro atoms. The van der Waals surface area contributed by atoms with E-state index in [4.69, 9.17) is 16.7 Å². The molecule has 2 N–H and O–H groups in total. The Morgan fingerprint density at radius 1 is 1.45 bits per heavy atom. The van der Waals surface area contributed by atoms with Crippen molar-refractivity contribution in [3.8, 4) is 0 Å². The fourth-order valence-electron chi connectivity index (χ4n) is 1.97. The molecule has 112 valence electrons. The molecule has 0 aliphatic rings. The number of hydrogen-bond donors (Lipinski definition) is 2. The van der Waals surface area contributed by atoms with Gasteiger partial charge in [-0.2, -0.15) is 0 Å². The zero-order valence-electron chi connectivity index (χ0n) is 12.4. The van der Waals surface area contributed by atoms with E-state index in [2.05, 4.69) is 31.1 Å². The minimum absolute atomic E-state index is 0.0768. The van der Waals surface area contributed by atoms with E-state index in [1.54, 1.807) is 0 Å². The Morgan fingerprint density at radius 2 is 2.15 bits per heavy atom. The van der Waals surface area contributed by atoms with Gasteiger partial charge in [0.2, 0.25) is 0 Å². The molecule has 0 fully saturated rings.